The van der Waals surface area contributed by atoms with E-state index in [4.69, 9.17) is 14.2 Å². The zero-order valence-corrected chi connectivity index (χ0v) is 8.70. The molecule has 0 radical (unpaired) electrons. The van der Waals surface area contributed by atoms with Gasteiger partial charge in [-0.05, 0) is 12.8 Å². The molecule has 0 N–H and O–H groups in total. The smallest absolute Gasteiger partial charge is 0.434 e. The maximum atomic E-state index is 10.9. The molecule has 0 aliphatic rings. The summed E-state index contributed by atoms with van der Waals surface area (Å²) in [5.41, 5.74) is 0. The number of hydrogen-bond donors (Lipinski definition) is 0. The van der Waals surface area contributed by atoms with Gasteiger partial charge in [0, 0.05) is 7.11 Å². The van der Waals surface area contributed by atoms with Crippen molar-refractivity contribution in [2.75, 3.05) is 20.3 Å². The fraction of sp³-hybridized carbons (Fsp3) is 0.889. The molecule has 0 fully saturated rings. The van der Waals surface area contributed by atoms with E-state index in [1.807, 2.05) is 13.8 Å². The largest absolute Gasteiger partial charge is 0.508 e. The van der Waals surface area contributed by atoms with Crippen LogP contribution in [0.4, 0.5) is 4.79 Å². The van der Waals surface area contributed by atoms with Gasteiger partial charge in [-0.1, -0.05) is 13.8 Å². The van der Waals surface area contributed by atoms with Crippen LogP contribution in [0.5, 0.6) is 0 Å². The van der Waals surface area contributed by atoms with Gasteiger partial charge < -0.3 is 14.2 Å². The third-order valence-electron chi connectivity index (χ3n) is 1.23. The Morgan fingerprint density at radius 2 is 1.85 bits per heavy atom. The van der Waals surface area contributed by atoms with Crippen molar-refractivity contribution in [3.63, 3.8) is 0 Å². The van der Waals surface area contributed by atoms with E-state index >= 15 is 0 Å². The number of hydrogen-bond acceptors (Lipinski definition) is 4. The van der Waals surface area contributed by atoms with Crippen molar-refractivity contribution in [1.82, 2.24) is 0 Å². The van der Waals surface area contributed by atoms with E-state index in [0.717, 1.165) is 0 Å². The van der Waals surface area contributed by atoms with Crippen LogP contribution in [0.2, 0.25) is 0 Å². The maximum absolute atomic E-state index is 10.9. The van der Waals surface area contributed by atoms with Crippen LogP contribution < -0.4 is 0 Å². The van der Waals surface area contributed by atoms with Crippen molar-refractivity contribution < 1.29 is 19.0 Å². The molecule has 0 aliphatic carbocycles. The predicted octanol–water partition coefficient (Wildman–Crippen LogP) is 1.83. The van der Waals surface area contributed by atoms with Crippen LogP contribution in [-0.2, 0) is 14.2 Å². The highest BCUT2D eigenvalue weighted by atomic mass is 16.7. The molecule has 4 nitrogen and oxygen atoms in total. The molecule has 0 saturated heterocycles. The Kier molecular flexibility index (Phi) is 6.32. The number of ether oxygens (including phenoxy) is 3. The predicted molar refractivity (Wildman–Crippen MR) is 48.6 cm³/mol. The zero-order valence-electron chi connectivity index (χ0n) is 8.70. The highest BCUT2D eigenvalue weighted by Crippen LogP contribution is 1.98. The number of rotatable bonds is 5. The number of carbonyl (C=O) groups excluding carboxylic acids is 1. The molecule has 0 unspecified atom stereocenters. The first kappa shape index (κ1) is 12.2. The van der Waals surface area contributed by atoms with Gasteiger partial charge in [-0.15, -0.1) is 0 Å². The monoisotopic (exact) mass is 190 g/mol. The first-order valence-corrected chi connectivity index (χ1v) is 4.38. The average Bonchev–Trinajstić information content (AvgIpc) is 2.01. The lowest BCUT2D eigenvalue weighted by atomic mass is 10.2. The molecule has 13 heavy (non-hydrogen) atoms. The lowest BCUT2D eigenvalue weighted by Gasteiger charge is -2.12. The molecular weight excluding hydrogens is 172 g/mol. The molecule has 78 valence electrons. The lowest BCUT2D eigenvalue weighted by Crippen LogP contribution is -2.21. The Hall–Kier alpha value is -0.770. The summed E-state index contributed by atoms with van der Waals surface area (Å²) in [6, 6.07) is 0. The van der Waals surface area contributed by atoms with Crippen LogP contribution in [0, 0.1) is 5.92 Å². The first-order valence-electron chi connectivity index (χ1n) is 4.38. The summed E-state index contributed by atoms with van der Waals surface area (Å²) in [5, 5.41) is 0. The molecule has 1 atom stereocenters. The molecule has 0 heterocycles. The van der Waals surface area contributed by atoms with Gasteiger partial charge in [0.2, 0.25) is 0 Å². The summed E-state index contributed by atoms with van der Waals surface area (Å²) in [5.74, 6) is 0.324. The van der Waals surface area contributed by atoms with Gasteiger partial charge in [0.05, 0.1) is 13.2 Å². The Labute approximate surface area is 79.2 Å². The summed E-state index contributed by atoms with van der Waals surface area (Å²) in [6.45, 7) is 6.45. The Morgan fingerprint density at radius 1 is 1.23 bits per heavy atom. The summed E-state index contributed by atoms with van der Waals surface area (Å²) >= 11 is 0. The maximum Gasteiger partial charge on any atom is 0.508 e. The van der Waals surface area contributed by atoms with Gasteiger partial charge >= 0.3 is 6.16 Å². The van der Waals surface area contributed by atoms with E-state index in [-0.39, 0.29) is 6.10 Å². The van der Waals surface area contributed by atoms with Crippen molar-refractivity contribution in [3.05, 3.63) is 0 Å². The van der Waals surface area contributed by atoms with Crippen LogP contribution in [-0.4, -0.2) is 32.6 Å². The van der Waals surface area contributed by atoms with Gasteiger partial charge in [0.25, 0.3) is 0 Å². The number of carbonyl (C=O) groups is 1. The second-order valence-corrected chi connectivity index (χ2v) is 3.34. The summed E-state index contributed by atoms with van der Waals surface area (Å²) in [6.07, 6.45) is -0.886. The SMILES string of the molecule is COC[C@@H](C)OC(=O)OCC(C)C. The van der Waals surface area contributed by atoms with Crippen molar-refractivity contribution in [2.24, 2.45) is 5.92 Å². The second-order valence-electron chi connectivity index (χ2n) is 3.34. The third-order valence-corrected chi connectivity index (χ3v) is 1.23. The fourth-order valence-corrected chi connectivity index (χ4v) is 0.702. The van der Waals surface area contributed by atoms with E-state index in [9.17, 15) is 4.79 Å². The minimum absolute atomic E-state index is 0.260. The van der Waals surface area contributed by atoms with Gasteiger partial charge in [0.15, 0.2) is 0 Å². The Morgan fingerprint density at radius 3 is 2.31 bits per heavy atom. The van der Waals surface area contributed by atoms with Gasteiger partial charge in [-0.3, -0.25) is 0 Å². The summed E-state index contributed by atoms with van der Waals surface area (Å²) in [7, 11) is 1.55. The van der Waals surface area contributed by atoms with Gasteiger partial charge in [-0.25, -0.2) is 4.79 Å². The molecule has 0 aromatic carbocycles. The van der Waals surface area contributed by atoms with Crippen molar-refractivity contribution >= 4 is 6.16 Å². The third kappa shape index (κ3) is 7.59. The van der Waals surface area contributed by atoms with Crippen LogP contribution in [0.25, 0.3) is 0 Å². The van der Waals surface area contributed by atoms with E-state index in [1.165, 1.54) is 0 Å². The van der Waals surface area contributed by atoms with E-state index < -0.39 is 6.16 Å². The molecule has 0 aromatic rings. The quantitative estimate of drug-likeness (QED) is 0.620. The van der Waals surface area contributed by atoms with Gasteiger partial charge in [0.1, 0.15) is 6.10 Å². The molecule has 4 heteroatoms. The summed E-state index contributed by atoms with van der Waals surface area (Å²) < 4.78 is 14.5. The highest BCUT2D eigenvalue weighted by Gasteiger charge is 2.10. The highest BCUT2D eigenvalue weighted by molar-refractivity contribution is 5.60. The molecule has 0 amide bonds. The zero-order chi connectivity index (χ0) is 10.3. The second kappa shape index (κ2) is 6.71. The topological polar surface area (TPSA) is 44.8 Å². The fourth-order valence-electron chi connectivity index (χ4n) is 0.702. The molecule has 0 aromatic heterocycles. The number of methoxy groups -OCH3 is 1. The normalized spacial score (nSPS) is 12.7. The van der Waals surface area contributed by atoms with E-state index in [1.54, 1.807) is 14.0 Å². The molecule has 0 spiro atoms. The van der Waals surface area contributed by atoms with Crippen LogP contribution in [0.1, 0.15) is 20.8 Å². The minimum atomic E-state index is -0.627. The molecular formula is C9H18O4. The van der Waals surface area contributed by atoms with Crippen LogP contribution >= 0.6 is 0 Å². The van der Waals surface area contributed by atoms with Crippen molar-refractivity contribution in [2.45, 2.75) is 26.9 Å². The van der Waals surface area contributed by atoms with Gasteiger partial charge in [-0.2, -0.15) is 0 Å². The summed E-state index contributed by atoms with van der Waals surface area (Å²) in [4.78, 5) is 10.9. The first-order chi connectivity index (χ1) is 6.06. The van der Waals surface area contributed by atoms with Crippen LogP contribution in [0.15, 0.2) is 0 Å². The lowest BCUT2D eigenvalue weighted by molar-refractivity contribution is -0.00280. The molecule has 0 rings (SSSR count). The van der Waals surface area contributed by atoms with E-state index in [2.05, 4.69) is 0 Å². The standard InChI is InChI=1S/C9H18O4/c1-7(2)5-12-9(10)13-8(3)6-11-4/h7-8H,5-6H2,1-4H3/t8-/m1/s1. The molecule has 0 bridgehead atoms. The Balaban J connectivity index is 3.50. The average molecular weight is 190 g/mol. The van der Waals surface area contributed by atoms with Crippen LogP contribution in [0.3, 0.4) is 0 Å². The van der Waals surface area contributed by atoms with E-state index in [0.29, 0.717) is 19.1 Å². The van der Waals surface area contributed by atoms with Crippen molar-refractivity contribution in [1.29, 1.82) is 0 Å². The minimum Gasteiger partial charge on any atom is -0.434 e. The molecule has 0 aliphatic heterocycles. The van der Waals surface area contributed by atoms with Crippen molar-refractivity contribution in [3.8, 4) is 0 Å². The Bertz CT molecular complexity index is 145. The molecule has 0 saturated carbocycles.